The van der Waals surface area contributed by atoms with Gasteiger partial charge >= 0.3 is 5.97 Å². The first kappa shape index (κ1) is 23.5. The average molecular weight is 389 g/mol. The van der Waals surface area contributed by atoms with Crippen LogP contribution >= 0.6 is 0 Å². The van der Waals surface area contributed by atoms with Crippen molar-refractivity contribution < 1.29 is 20.1 Å². The maximum Gasteiger partial charge on any atom is 0.321 e. The molecule has 1 unspecified atom stereocenters. The molecule has 0 radical (unpaired) electrons. The first-order chi connectivity index (χ1) is 13.5. The van der Waals surface area contributed by atoms with Crippen molar-refractivity contribution in [3.8, 4) is 11.5 Å². The lowest BCUT2D eigenvalue weighted by atomic mass is 10.1. The number of rotatable bonds is 10. The predicted octanol–water partition coefficient (Wildman–Crippen LogP) is 3.06. The number of nitrogens with one attached hydrogen (secondary N) is 1. The lowest BCUT2D eigenvalue weighted by Crippen LogP contribution is -2.39. The van der Waals surface area contributed by atoms with Gasteiger partial charge in [-0.15, -0.1) is 0 Å². The van der Waals surface area contributed by atoms with Gasteiger partial charge in [0.1, 0.15) is 17.5 Å². The van der Waals surface area contributed by atoms with E-state index < -0.39 is 12.0 Å². The molecule has 154 valence electrons. The van der Waals surface area contributed by atoms with Gasteiger partial charge in [0, 0.05) is 0 Å². The van der Waals surface area contributed by atoms with E-state index in [0.717, 1.165) is 37.8 Å². The van der Waals surface area contributed by atoms with Crippen LogP contribution in [0.4, 0.5) is 0 Å². The van der Waals surface area contributed by atoms with E-state index in [4.69, 9.17) is 21.1 Å². The van der Waals surface area contributed by atoms with Crippen molar-refractivity contribution in [2.24, 2.45) is 5.73 Å². The van der Waals surface area contributed by atoms with Gasteiger partial charge in [-0.3, -0.25) is 4.79 Å². The second-order valence-electron chi connectivity index (χ2n) is 6.63. The minimum Gasteiger partial charge on any atom is -0.508 e. The minimum absolute atomic E-state index is 0.196. The maximum absolute atomic E-state index is 11.1. The SMILES string of the molecule is CCCCCNC(Cc1ccc(O)cc1)C(=O)O.NCCc1ccc(O)cc1. The third kappa shape index (κ3) is 9.94. The van der Waals surface area contributed by atoms with Crippen LogP contribution in [0, 0.1) is 0 Å². The summed E-state index contributed by atoms with van der Waals surface area (Å²) >= 11 is 0. The Morgan fingerprint density at radius 1 is 0.964 bits per heavy atom. The normalized spacial score (nSPS) is 11.4. The minimum atomic E-state index is -0.834. The first-order valence-corrected chi connectivity index (χ1v) is 9.68. The van der Waals surface area contributed by atoms with Crippen molar-refractivity contribution in [2.45, 2.75) is 45.1 Å². The summed E-state index contributed by atoms with van der Waals surface area (Å²) in [7, 11) is 0. The molecule has 1 atom stereocenters. The number of aromatic hydroxyl groups is 2. The van der Waals surface area contributed by atoms with E-state index in [1.54, 1.807) is 36.4 Å². The van der Waals surface area contributed by atoms with E-state index >= 15 is 0 Å². The summed E-state index contributed by atoms with van der Waals surface area (Å²) in [5.41, 5.74) is 7.41. The predicted molar refractivity (Wildman–Crippen MR) is 112 cm³/mol. The molecule has 6 N–H and O–H groups in total. The molecule has 0 aliphatic carbocycles. The molecule has 2 rings (SSSR count). The molecule has 0 heterocycles. The van der Waals surface area contributed by atoms with E-state index in [2.05, 4.69) is 12.2 Å². The van der Waals surface area contributed by atoms with Crippen molar-refractivity contribution in [2.75, 3.05) is 13.1 Å². The van der Waals surface area contributed by atoms with Crippen LogP contribution in [0.25, 0.3) is 0 Å². The Bertz CT molecular complexity index is 672. The molecule has 0 saturated heterocycles. The number of hydrogen-bond donors (Lipinski definition) is 5. The zero-order chi connectivity index (χ0) is 20.8. The number of phenols is 2. The van der Waals surface area contributed by atoms with Crippen molar-refractivity contribution in [3.05, 3.63) is 59.7 Å². The fourth-order valence-electron chi connectivity index (χ4n) is 2.60. The standard InChI is InChI=1S/C14H21NO3.C8H11NO/c1-2-3-4-9-15-13(14(17)18)10-11-5-7-12(16)8-6-11;9-6-5-7-1-3-8(10)4-2-7/h5-8,13,15-16H,2-4,9-10H2,1H3,(H,17,18);1-4,10H,5-6,9H2. The van der Waals surface area contributed by atoms with Crippen molar-refractivity contribution in [1.82, 2.24) is 5.32 Å². The van der Waals surface area contributed by atoms with Crippen LogP contribution in [0.1, 0.15) is 37.3 Å². The highest BCUT2D eigenvalue weighted by molar-refractivity contribution is 5.73. The van der Waals surface area contributed by atoms with Gasteiger partial charge in [0.2, 0.25) is 0 Å². The van der Waals surface area contributed by atoms with Gasteiger partial charge in [0.15, 0.2) is 0 Å². The molecule has 28 heavy (non-hydrogen) atoms. The molecular weight excluding hydrogens is 356 g/mol. The van der Waals surface area contributed by atoms with Crippen molar-refractivity contribution in [1.29, 1.82) is 0 Å². The van der Waals surface area contributed by atoms with Crippen molar-refractivity contribution >= 4 is 5.97 Å². The number of hydrogen-bond acceptors (Lipinski definition) is 5. The highest BCUT2D eigenvalue weighted by Crippen LogP contribution is 2.11. The Morgan fingerprint density at radius 3 is 1.96 bits per heavy atom. The van der Waals surface area contributed by atoms with Gasteiger partial charge in [-0.25, -0.2) is 0 Å². The zero-order valence-corrected chi connectivity index (χ0v) is 16.5. The molecule has 0 saturated carbocycles. The van der Waals surface area contributed by atoms with E-state index in [-0.39, 0.29) is 5.75 Å². The van der Waals surface area contributed by atoms with Crippen LogP contribution in [0.2, 0.25) is 0 Å². The van der Waals surface area contributed by atoms with Crippen LogP contribution in [-0.2, 0) is 17.6 Å². The summed E-state index contributed by atoms with van der Waals surface area (Å²) in [6.45, 7) is 3.50. The summed E-state index contributed by atoms with van der Waals surface area (Å²) in [5.74, 6) is -0.332. The first-order valence-electron chi connectivity index (χ1n) is 9.68. The lowest BCUT2D eigenvalue weighted by molar-refractivity contribution is -0.139. The van der Waals surface area contributed by atoms with Crippen molar-refractivity contribution in [3.63, 3.8) is 0 Å². The van der Waals surface area contributed by atoms with Gasteiger partial charge in [-0.1, -0.05) is 44.0 Å². The van der Waals surface area contributed by atoms with E-state index in [0.29, 0.717) is 18.7 Å². The second-order valence-corrected chi connectivity index (χ2v) is 6.63. The smallest absolute Gasteiger partial charge is 0.321 e. The van der Waals surface area contributed by atoms with E-state index in [1.165, 1.54) is 5.56 Å². The highest BCUT2D eigenvalue weighted by atomic mass is 16.4. The van der Waals surface area contributed by atoms with Gasteiger partial charge in [-0.05, 0) is 67.7 Å². The fraction of sp³-hybridized carbons (Fsp3) is 0.409. The summed E-state index contributed by atoms with van der Waals surface area (Å²) in [6.07, 6.45) is 4.54. The number of carbonyl (C=O) groups is 1. The number of phenolic OH excluding ortho intramolecular Hbond substituents is 2. The molecule has 0 amide bonds. The molecule has 0 spiro atoms. The quantitative estimate of drug-likeness (QED) is 0.400. The molecule has 2 aromatic rings. The van der Waals surface area contributed by atoms with Crippen LogP contribution < -0.4 is 11.1 Å². The average Bonchev–Trinajstić information content (AvgIpc) is 2.68. The number of carboxylic acid groups (broad SMARTS) is 1. The van der Waals surface area contributed by atoms with Gasteiger partial charge in [-0.2, -0.15) is 0 Å². The summed E-state index contributed by atoms with van der Waals surface area (Å²) in [6, 6.07) is 13.2. The summed E-state index contributed by atoms with van der Waals surface area (Å²) < 4.78 is 0. The monoisotopic (exact) mass is 388 g/mol. The number of benzene rings is 2. The summed E-state index contributed by atoms with van der Waals surface area (Å²) in [5, 5.41) is 30.3. The molecule has 2 aromatic carbocycles. The molecule has 0 bridgehead atoms. The topological polar surface area (TPSA) is 116 Å². The Hall–Kier alpha value is -2.57. The third-order valence-corrected chi connectivity index (χ3v) is 4.21. The zero-order valence-electron chi connectivity index (χ0n) is 16.5. The summed E-state index contributed by atoms with van der Waals surface area (Å²) in [4.78, 5) is 11.1. The molecule has 0 fully saturated rings. The van der Waals surface area contributed by atoms with E-state index in [1.807, 2.05) is 12.1 Å². The van der Waals surface area contributed by atoms with Gasteiger partial charge in [0.25, 0.3) is 0 Å². The molecule has 6 heteroatoms. The Labute approximate surface area is 167 Å². The number of unbranched alkanes of at least 4 members (excludes halogenated alkanes) is 2. The van der Waals surface area contributed by atoms with Gasteiger partial charge < -0.3 is 26.4 Å². The highest BCUT2D eigenvalue weighted by Gasteiger charge is 2.16. The van der Waals surface area contributed by atoms with Crippen LogP contribution in [0.3, 0.4) is 0 Å². The molecular formula is C22H32N2O4. The Balaban J connectivity index is 0.000000330. The van der Waals surface area contributed by atoms with Gasteiger partial charge in [0.05, 0.1) is 0 Å². The molecule has 6 nitrogen and oxygen atoms in total. The Morgan fingerprint density at radius 2 is 1.50 bits per heavy atom. The number of aliphatic carboxylic acids is 1. The maximum atomic E-state index is 11.1. The van der Waals surface area contributed by atoms with Crippen LogP contribution in [0.15, 0.2) is 48.5 Å². The molecule has 0 aliphatic heterocycles. The molecule has 0 aromatic heterocycles. The van der Waals surface area contributed by atoms with Crippen LogP contribution in [0.5, 0.6) is 11.5 Å². The number of nitrogens with two attached hydrogens (primary N) is 1. The third-order valence-electron chi connectivity index (χ3n) is 4.21. The van der Waals surface area contributed by atoms with Crippen LogP contribution in [-0.4, -0.2) is 40.4 Å². The lowest BCUT2D eigenvalue weighted by Gasteiger charge is -2.14. The molecule has 0 aliphatic rings. The second kappa shape index (κ2) is 13.6. The Kier molecular flexibility index (Phi) is 11.4. The van der Waals surface area contributed by atoms with E-state index in [9.17, 15) is 4.79 Å². The largest absolute Gasteiger partial charge is 0.508 e. The number of carboxylic acids is 1. The fourth-order valence-corrected chi connectivity index (χ4v) is 2.60.